The third-order valence-electron chi connectivity index (χ3n) is 6.51. The molecule has 182 valence electrons. The highest BCUT2D eigenvalue weighted by Gasteiger charge is 2.46. The quantitative estimate of drug-likeness (QED) is 0.515. The lowest BCUT2D eigenvalue weighted by Crippen LogP contribution is -2.59. The third-order valence-corrected chi connectivity index (χ3v) is 9.05. The number of nitrogens with zero attached hydrogens (tertiary/aromatic N) is 5. The SMILES string of the molecule is CC1(NS(=O)(=O)c2cc(N3CCNC4(CC4)C3)c3cnc(-c4nnc(C(F)F)s4)n3c2)COC1. The first-order chi connectivity index (χ1) is 16.2. The second-order valence-corrected chi connectivity index (χ2v) is 12.1. The van der Waals surface area contributed by atoms with Crippen molar-refractivity contribution in [2.75, 3.05) is 37.7 Å². The van der Waals surface area contributed by atoms with E-state index in [1.165, 1.54) is 6.20 Å². The van der Waals surface area contributed by atoms with Crippen LogP contribution in [0.15, 0.2) is 23.4 Å². The van der Waals surface area contributed by atoms with Crippen molar-refractivity contribution in [3.05, 3.63) is 23.5 Å². The van der Waals surface area contributed by atoms with Gasteiger partial charge in [-0.1, -0.05) is 11.3 Å². The molecule has 34 heavy (non-hydrogen) atoms. The van der Waals surface area contributed by atoms with Crippen molar-refractivity contribution in [3.8, 4) is 10.8 Å². The predicted octanol–water partition coefficient (Wildman–Crippen LogP) is 1.80. The van der Waals surface area contributed by atoms with Gasteiger partial charge in [-0.25, -0.2) is 26.9 Å². The lowest BCUT2D eigenvalue weighted by molar-refractivity contribution is -0.0523. The zero-order valence-electron chi connectivity index (χ0n) is 18.3. The smallest absolute Gasteiger partial charge is 0.291 e. The van der Waals surface area contributed by atoms with Crippen molar-refractivity contribution in [2.45, 2.75) is 42.2 Å². The molecule has 10 nitrogen and oxygen atoms in total. The Labute approximate surface area is 198 Å². The summed E-state index contributed by atoms with van der Waals surface area (Å²) < 4.78 is 62.5. The molecule has 5 heterocycles. The normalized spacial score (nSPS) is 21.4. The van der Waals surface area contributed by atoms with E-state index >= 15 is 0 Å². The second kappa shape index (κ2) is 7.62. The molecular weight excluding hydrogens is 488 g/mol. The highest BCUT2D eigenvalue weighted by Crippen LogP contribution is 2.40. The molecule has 1 saturated carbocycles. The monoisotopic (exact) mass is 511 g/mol. The van der Waals surface area contributed by atoms with Crippen LogP contribution in [0.1, 0.15) is 31.2 Å². The lowest BCUT2D eigenvalue weighted by atomic mass is 10.0. The van der Waals surface area contributed by atoms with E-state index in [1.807, 2.05) is 0 Å². The number of hydrogen-bond donors (Lipinski definition) is 2. The summed E-state index contributed by atoms with van der Waals surface area (Å²) in [6.45, 7) is 4.61. The number of piperazine rings is 1. The lowest BCUT2D eigenvalue weighted by Gasteiger charge is -2.38. The first-order valence-corrected chi connectivity index (χ1v) is 13.2. The van der Waals surface area contributed by atoms with Crippen LogP contribution >= 0.6 is 11.3 Å². The van der Waals surface area contributed by atoms with E-state index in [1.54, 1.807) is 23.6 Å². The largest absolute Gasteiger partial charge is 0.377 e. The Bertz CT molecular complexity index is 1370. The molecule has 2 saturated heterocycles. The van der Waals surface area contributed by atoms with Gasteiger partial charge in [-0.15, -0.1) is 10.2 Å². The minimum Gasteiger partial charge on any atom is -0.377 e. The van der Waals surface area contributed by atoms with E-state index < -0.39 is 27.0 Å². The van der Waals surface area contributed by atoms with Crippen molar-refractivity contribution in [1.82, 2.24) is 29.6 Å². The Morgan fingerprint density at radius 1 is 1.29 bits per heavy atom. The predicted molar refractivity (Wildman–Crippen MR) is 121 cm³/mol. The molecule has 0 aromatic carbocycles. The fourth-order valence-corrected chi connectivity index (χ4v) is 6.61. The fraction of sp³-hybridized carbons (Fsp3) is 0.550. The van der Waals surface area contributed by atoms with Gasteiger partial charge in [-0.05, 0) is 25.8 Å². The number of imidazole rings is 1. The number of anilines is 1. The van der Waals surface area contributed by atoms with E-state index in [9.17, 15) is 17.2 Å². The number of nitrogens with one attached hydrogen (secondary N) is 2. The Kier molecular flexibility index (Phi) is 4.98. The number of sulfonamides is 1. The molecule has 0 amide bonds. The summed E-state index contributed by atoms with van der Waals surface area (Å²) in [6.07, 6.45) is 2.49. The molecular formula is C20H23F2N7O3S2. The van der Waals surface area contributed by atoms with Crippen molar-refractivity contribution >= 4 is 32.6 Å². The van der Waals surface area contributed by atoms with E-state index in [4.69, 9.17) is 4.74 Å². The average molecular weight is 512 g/mol. The van der Waals surface area contributed by atoms with Gasteiger partial charge in [0.05, 0.1) is 36.2 Å². The van der Waals surface area contributed by atoms with Crippen LogP contribution in [0.2, 0.25) is 0 Å². The number of rotatable bonds is 6. The zero-order chi connectivity index (χ0) is 23.7. The maximum absolute atomic E-state index is 13.4. The summed E-state index contributed by atoms with van der Waals surface area (Å²) >= 11 is 0.740. The molecule has 0 bridgehead atoms. The molecule has 3 aliphatic rings. The summed E-state index contributed by atoms with van der Waals surface area (Å²) in [6, 6.07) is 1.66. The molecule has 3 aromatic heterocycles. The highest BCUT2D eigenvalue weighted by atomic mass is 32.2. The van der Waals surface area contributed by atoms with Gasteiger partial charge >= 0.3 is 0 Å². The Morgan fingerprint density at radius 3 is 2.74 bits per heavy atom. The van der Waals surface area contributed by atoms with Gasteiger partial charge in [-0.2, -0.15) is 0 Å². The minimum atomic E-state index is -3.90. The number of hydrogen-bond acceptors (Lipinski definition) is 9. The number of pyridine rings is 1. The summed E-state index contributed by atoms with van der Waals surface area (Å²) in [5, 5.41) is 10.8. The first kappa shape index (κ1) is 22.2. The second-order valence-electron chi connectivity index (χ2n) is 9.43. The molecule has 6 rings (SSSR count). The molecule has 0 unspecified atom stereocenters. The first-order valence-electron chi connectivity index (χ1n) is 10.9. The van der Waals surface area contributed by atoms with Crippen LogP contribution in [-0.2, 0) is 14.8 Å². The van der Waals surface area contributed by atoms with Crippen molar-refractivity contribution in [3.63, 3.8) is 0 Å². The standard InChI is InChI=1S/C20H23F2N7O3S2/c1-19(10-32-11-19)27-34(30,31)12-6-13(28-5-4-24-20(9-28)2-3-20)14-7-23-16(29(14)8-12)18-26-25-17(33-18)15(21)22/h6-8,15,24,27H,2-5,9-11H2,1H3. The van der Waals surface area contributed by atoms with E-state index in [-0.39, 0.29) is 21.3 Å². The van der Waals surface area contributed by atoms with Crippen LogP contribution in [0.5, 0.6) is 0 Å². The van der Waals surface area contributed by atoms with Gasteiger partial charge < -0.3 is 15.0 Å². The van der Waals surface area contributed by atoms with E-state index in [0.717, 1.165) is 43.0 Å². The Balaban J connectivity index is 1.48. The molecule has 3 fully saturated rings. The molecule has 0 radical (unpaired) electrons. The molecule has 0 atom stereocenters. The summed E-state index contributed by atoms with van der Waals surface area (Å²) in [5.41, 5.74) is 0.791. The van der Waals surface area contributed by atoms with Gasteiger partial charge in [0.1, 0.15) is 4.90 Å². The molecule has 2 aliphatic heterocycles. The van der Waals surface area contributed by atoms with Gasteiger partial charge in [0.25, 0.3) is 6.43 Å². The van der Waals surface area contributed by atoms with Crippen molar-refractivity contribution in [2.24, 2.45) is 0 Å². The maximum Gasteiger partial charge on any atom is 0.291 e. The van der Waals surface area contributed by atoms with Gasteiger partial charge in [0.15, 0.2) is 15.8 Å². The van der Waals surface area contributed by atoms with E-state index in [0.29, 0.717) is 25.3 Å². The Hall–Kier alpha value is -2.26. The van der Waals surface area contributed by atoms with Crippen molar-refractivity contribution < 1.29 is 21.9 Å². The topological polar surface area (TPSA) is 114 Å². The minimum absolute atomic E-state index is 0.0596. The number of aromatic nitrogens is 4. The Morgan fingerprint density at radius 2 is 2.09 bits per heavy atom. The van der Waals surface area contributed by atoms with Crippen LogP contribution in [0.25, 0.3) is 16.3 Å². The van der Waals surface area contributed by atoms with Gasteiger partial charge in [0.2, 0.25) is 10.0 Å². The van der Waals surface area contributed by atoms with Crippen LogP contribution in [-0.4, -0.2) is 71.9 Å². The van der Waals surface area contributed by atoms with E-state index in [2.05, 4.69) is 30.1 Å². The summed E-state index contributed by atoms with van der Waals surface area (Å²) in [7, 11) is -3.90. The molecule has 1 aliphatic carbocycles. The average Bonchev–Trinajstić information content (AvgIpc) is 3.17. The summed E-state index contributed by atoms with van der Waals surface area (Å²) in [5.74, 6) is 0.271. The van der Waals surface area contributed by atoms with Gasteiger partial charge in [-0.3, -0.25) is 4.40 Å². The zero-order valence-corrected chi connectivity index (χ0v) is 19.9. The number of ether oxygens (including phenoxy) is 1. The number of alkyl halides is 2. The third kappa shape index (κ3) is 3.77. The molecule has 2 N–H and O–H groups in total. The van der Waals surface area contributed by atoms with Crippen LogP contribution in [0.3, 0.4) is 0 Å². The van der Waals surface area contributed by atoms with Crippen LogP contribution < -0.4 is 14.9 Å². The van der Waals surface area contributed by atoms with Crippen molar-refractivity contribution in [1.29, 1.82) is 0 Å². The molecule has 1 spiro atoms. The van der Waals surface area contributed by atoms with Crippen LogP contribution in [0.4, 0.5) is 14.5 Å². The summed E-state index contributed by atoms with van der Waals surface area (Å²) in [4.78, 5) is 6.65. The number of fused-ring (bicyclic) bond motifs is 1. The fourth-order valence-electron chi connectivity index (χ4n) is 4.52. The molecule has 14 heteroatoms. The highest BCUT2D eigenvalue weighted by molar-refractivity contribution is 7.89. The number of halogens is 2. The van der Waals surface area contributed by atoms with Crippen LogP contribution in [0, 0.1) is 0 Å². The molecule has 3 aromatic rings. The van der Waals surface area contributed by atoms with Gasteiger partial charge in [0, 0.05) is 31.4 Å². The maximum atomic E-state index is 13.4.